The Morgan fingerprint density at radius 3 is 2.14 bits per heavy atom. The molecule has 3 rings (SSSR count). The molecule has 12 nitrogen and oxygen atoms in total. The van der Waals surface area contributed by atoms with Crippen LogP contribution in [0.1, 0.15) is 24.0 Å². The van der Waals surface area contributed by atoms with Crippen molar-refractivity contribution < 1.29 is 29.1 Å². The number of aromatic nitrogens is 1. The van der Waals surface area contributed by atoms with Crippen molar-refractivity contribution in [3.63, 3.8) is 0 Å². The van der Waals surface area contributed by atoms with E-state index in [2.05, 4.69) is 20.9 Å². The molecule has 4 amide bonds. The molecule has 1 aromatic heterocycles. The number of benzene rings is 2. The van der Waals surface area contributed by atoms with Crippen molar-refractivity contribution in [2.24, 2.45) is 11.5 Å². The van der Waals surface area contributed by atoms with Gasteiger partial charge in [0.25, 0.3) is 0 Å². The third kappa shape index (κ3) is 9.35. The fourth-order valence-corrected chi connectivity index (χ4v) is 4.89. The van der Waals surface area contributed by atoms with Crippen molar-refractivity contribution in [2.75, 3.05) is 12.0 Å². The molecule has 0 saturated heterocycles. The molecule has 2 aromatic carbocycles. The minimum Gasteiger partial charge on any atom is -0.481 e. The normalized spacial score (nSPS) is 13.9. The number of aromatic amines is 1. The lowest BCUT2D eigenvalue weighted by Crippen LogP contribution is -2.58. The van der Waals surface area contributed by atoms with Crippen molar-refractivity contribution in [3.05, 3.63) is 71.9 Å². The molecule has 0 fully saturated rings. The summed E-state index contributed by atoms with van der Waals surface area (Å²) in [7, 11) is 0. The van der Waals surface area contributed by atoms with Gasteiger partial charge in [-0.1, -0.05) is 48.5 Å². The van der Waals surface area contributed by atoms with Crippen LogP contribution in [0.4, 0.5) is 0 Å². The van der Waals surface area contributed by atoms with E-state index in [0.29, 0.717) is 5.75 Å². The van der Waals surface area contributed by atoms with Crippen LogP contribution in [0.5, 0.6) is 0 Å². The molecule has 0 aliphatic heterocycles. The number of rotatable bonds is 16. The lowest BCUT2D eigenvalue weighted by molar-refractivity contribution is -0.141. The maximum absolute atomic E-state index is 13.3. The monoisotopic (exact) mass is 596 g/mol. The molecule has 3 aromatic rings. The number of hydrogen-bond acceptors (Lipinski definition) is 7. The van der Waals surface area contributed by atoms with E-state index in [4.69, 9.17) is 11.5 Å². The summed E-state index contributed by atoms with van der Waals surface area (Å²) in [6.07, 6.45) is 3.36. The number of hydrogen-bond donors (Lipinski definition) is 7. The van der Waals surface area contributed by atoms with Gasteiger partial charge in [0.05, 0.1) is 12.5 Å². The van der Waals surface area contributed by atoms with E-state index in [1.165, 1.54) is 11.8 Å². The Morgan fingerprint density at radius 2 is 1.48 bits per heavy atom. The van der Waals surface area contributed by atoms with Crippen LogP contribution in [0.3, 0.4) is 0 Å². The predicted octanol–water partition coefficient (Wildman–Crippen LogP) is 0.448. The Hall–Kier alpha value is -4.36. The van der Waals surface area contributed by atoms with E-state index in [1.54, 1.807) is 36.5 Å². The van der Waals surface area contributed by atoms with Gasteiger partial charge in [0.15, 0.2) is 0 Å². The smallest absolute Gasteiger partial charge is 0.305 e. The molecule has 0 aliphatic rings. The molecular weight excluding hydrogens is 560 g/mol. The van der Waals surface area contributed by atoms with Gasteiger partial charge >= 0.3 is 5.97 Å². The zero-order valence-corrected chi connectivity index (χ0v) is 24.0. The Labute approximate surface area is 247 Å². The zero-order chi connectivity index (χ0) is 30.6. The molecule has 224 valence electrons. The van der Waals surface area contributed by atoms with E-state index in [0.717, 1.165) is 22.0 Å². The van der Waals surface area contributed by atoms with E-state index < -0.39 is 60.2 Å². The van der Waals surface area contributed by atoms with Crippen molar-refractivity contribution in [2.45, 2.75) is 49.9 Å². The van der Waals surface area contributed by atoms with E-state index in [9.17, 15) is 29.1 Å². The van der Waals surface area contributed by atoms with Crippen LogP contribution in [0.15, 0.2) is 60.8 Å². The van der Waals surface area contributed by atoms with Crippen LogP contribution >= 0.6 is 11.8 Å². The van der Waals surface area contributed by atoms with Gasteiger partial charge in [-0.15, -0.1) is 0 Å². The molecule has 0 bridgehead atoms. The average Bonchev–Trinajstić information content (AvgIpc) is 3.37. The van der Waals surface area contributed by atoms with Crippen LogP contribution in [0.25, 0.3) is 10.9 Å². The second-order valence-electron chi connectivity index (χ2n) is 9.83. The molecule has 9 N–H and O–H groups in total. The van der Waals surface area contributed by atoms with Crippen molar-refractivity contribution in [1.82, 2.24) is 20.9 Å². The summed E-state index contributed by atoms with van der Waals surface area (Å²) >= 11 is 1.44. The highest BCUT2D eigenvalue weighted by Crippen LogP contribution is 2.19. The van der Waals surface area contributed by atoms with Crippen LogP contribution < -0.4 is 27.4 Å². The first kappa shape index (κ1) is 32.2. The molecule has 13 heteroatoms. The maximum Gasteiger partial charge on any atom is 0.305 e. The highest BCUT2D eigenvalue weighted by molar-refractivity contribution is 7.98. The summed E-state index contributed by atoms with van der Waals surface area (Å²) in [6, 6.07) is 11.7. The minimum atomic E-state index is -1.53. The van der Waals surface area contributed by atoms with Crippen molar-refractivity contribution in [1.29, 1.82) is 0 Å². The number of nitrogens with one attached hydrogen (secondary N) is 4. The second-order valence-corrected chi connectivity index (χ2v) is 10.8. The number of carbonyl (C=O) groups excluding carboxylic acids is 4. The van der Waals surface area contributed by atoms with Crippen molar-refractivity contribution in [3.8, 4) is 0 Å². The number of amides is 4. The number of H-pyrrole nitrogens is 1. The summed E-state index contributed by atoms with van der Waals surface area (Å²) in [4.78, 5) is 66.1. The number of aliphatic carboxylic acids is 1. The molecule has 0 saturated carbocycles. The lowest BCUT2D eigenvalue weighted by atomic mass is 10.0. The quantitative estimate of drug-likeness (QED) is 0.123. The van der Waals surface area contributed by atoms with E-state index in [-0.39, 0.29) is 19.3 Å². The summed E-state index contributed by atoms with van der Waals surface area (Å²) < 4.78 is 0. The van der Waals surface area contributed by atoms with Crippen molar-refractivity contribution >= 4 is 52.3 Å². The van der Waals surface area contributed by atoms with Gasteiger partial charge in [-0.25, -0.2) is 0 Å². The first-order chi connectivity index (χ1) is 20.1. The van der Waals surface area contributed by atoms with E-state index in [1.807, 2.05) is 30.5 Å². The summed E-state index contributed by atoms with van der Waals surface area (Å²) in [5.41, 5.74) is 14.1. The number of carbonyl (C=O) groups is 5. The molecule has 42 heavy (non-hydrogen) atoms. The number of primary amides is 1. The minimum absolute atomic E-state index is 0.0797. The Morgan fingerprint density at radius 1 is 0.857 bits per heavy atom. The predicted molar refractivity (Wildman–Crippen MR) is 160 cm³/mol. The third-order valence-electron chi connectivity index (χ3n) is 6.65. The van der Waals surface area contributed by atoms with Gasteiger partial charge in [0, 0.05) is 23.5 Å². The van der Waals surface area contributed by atoms with Crippen LogP contribution in [-0.4, -0.2) is 75.9 Å². The zero-order valence-electron chi connectivity index (χ0n) is 23.2. The molecule has 0 radical (unpaired) electrons. The standard InChI is InChI=1S/C29H36N6O6S/c1-42-12-11-22(33-27(39)20(30)14-18-16-32-21-10-6-5-9-19(18)21)28(40)35-24(15-25(36)37)29(41)34-23(26(31)38)13-17-7-3-2-4-8-17/h2-10,16,20,22-24,32H,11-15,30H2,1H3,(H2,31,38)(H,33,39)(H,34,41)(H,35,40)(H,36,37)/t20?,22-,23-,24-/m0/s1. The van der Waals surface area contributed by atoms with E-state index >= 15 is 0 Å². The number of nitrogens with two attached hydrogens (primary N) is 2. The fourth-order valence-electron chi connectivity index (χ4n) is 4.41. The van der Waals surface area contributed by atoms with Gasteiger partial charge in [-0.2, -0.15) is 11.8 Å². The topological polar surface area (TPSA) is 209 Å². The Balaban J connectivity index is 1.69. The first-order valence-corrected chi connectivity index (χ1v) is 14.7. The lowest BCUT2D eigenvalue weighted by Gasteiger charge is -2.25. The molecule has 1 heterocycles. The first-order valence-electron chi connectivity index (χ1n) is 13.3. The van der Waals surface area contributed by atoms with Gasteiger partial charge in [-0.3, -0.25) is 24.0 Å². The van der Waals surface area contributed by atoms with Gasteiger partial charge in [0.1, 0.15) is 18.1 Å². The highest BCUT2D eigenvalue weighted by Gasteiger charge is 2.31. The number of thioether (sulfide) groups is 1. The summed E-state index contributed by atoms with van der Waals surface area (Å²) in [5.74, 6) is -3.89. The van der Waals surface area contributed by atoms with Gasteiger partial charge < -0.3 is 37.5 Å². The van der Waals surface area contributed by atoms with Crippen LogP contribution in [-0.2, 0) is 36.8 Å². The number of para-hydroxylation sites is 1. The largest absolute Gasteiger partial charge is 0.481 e. The number of fused-ring (bicyclic) bond motifs is 1. The molecule has 4 atom stereocenters. The number of carboxylic acid groups (broad SMARTS) is 1. The average molecular weight is 597 g/mol. The molecule has 0 aliphatic carbocycles. The van der Waals surface area contributed by atoms with Crippen LogP contribution in [0, 0.1) is 0 Å². The molecular formula is C29H36N6O6S. The summed E-state index contributed by atoms with van der Waals surface area (Å²) in [5, 5.41) is 17.9. The van der Waals surface area contributed by atoms with Crippen LogP contribution in [0.2, 0.25) is 0 Å². The molecule has 1 unspecified atom stereocenters. The summed E-state index contributed by atoms with van der Waals surface area (Å²) in [6.45, 7) is 0. The maximum atomic E-state index is 13.3. The Bertz CT molecular complexity index is 1400. The second kappa shape index (κ2) is 15.6. The fraction of sp³-hybridized carbons (Fsp3) is 0.345. The SMILES string of the molecule is CSCC[C@H](NC(=O)C(N)Cc1c[nH]c2ccccc12)C(=O)N[C@@H](CC(=O)O)C(=O)N[C@@H](Cc1ccccc1)C(N)=O. The third-order valence-corrected chi connectivity index (χ3v) is 7.29. The van der Waals surface area contributed by atoms with Gasteiger partial charge in [-0.05, 0) is 42.0 Å². The molecule has 0 spiro atoms. The highest BCUT2D eigenvalue weighted by atomic mass is 32.2. The van der Waals surface area contributed by atoms with Gasteiger partial charge in [0.2, 0.25) is 23.6 Å². The number of carboxylic acids is 1. The Kier molecular flexibility index (Phi) is 11.9.